The molecule has 1 unspecified atom stereocenters. The lowest BCUT2D eigenvalue weighted by Gasteiger charge is -2.18. The number of nitrogens with one attached hydrogen (secondary N) is 2. The average Bonchev–Trinajstić information content (AvgIpc) is 2.59. The fourth-order valence-corrected chi connectivity index (χ4v) is 4.08. The van der Waals surface area contributed by atoms with Gasteiger partial charge in [-0.1, -0.05) is 29.8 Å². The number of carbonyl (C=O) groups excluding carboxylic acids is 1. The largest absolute Gasteiger partial charge is 0.350 e. The molecule has 2 N–H and O–H groups in total. The molecule has 0 bridgehead atoms. The molecule has 5 nitrogen and oxygen atoms in total. The molecule has 2 rings (SSSR count). The minimum absolute atomic E-state index is 0.0617. The number of anilines is 1. The van der Waals surface area contributed by atoms with Gasteiger partial charge in [0.15, 0.2) is 0 Å². The highest BCUT2D eigenvalue weighted by molar-refractivity contribution is 7.99. The van der Waals surface area contributed by atoms with Gasteiger partial charge in [0.25, 0.3) is 0 Å². The van der Waals surface area contributed by atoms with Crippen molar-refractivity contribution in [3.8, 4) is 0 Å². The lowest BCUT2D eigenvalue weighted by Crippen LogP contribution is -2.27. The van der Waals surface area contributed by atoms with Gasteiger partial charge < -0.3 is 5.32 Å². The summed E-state index contributed by atoms with van der Waals surface area (Å²) in [7, 11) is -3.38. The molecular weight excluding hydrogens is 404 g/mol. The minimum atomic E-state index is -3.38. The van der Waals surface area contributed by atoms with Crippen molar-refractivity contribution in [2.24, 2.45) is 0 Å². The number of amides is 1. The number of carbonyl (C=O) groups is 1. The lowest BCUT2D eigenvalue weighted by molar-refractivity contribution is -0.121. The molecule has 0 radical (unpaired) electrons. The fourth-order valence-electron chi connectivity index (χ4n) is 2.51. The monoisotopic (exact) mass is 426 g/mol. The molecule has 1 atom stereocenters. The van der Waals surface area contributed by atoms with Crippen molar-refractivity contribution < 1.29 is 13.2 Å². The SMILES string of the molecule is CC(NC(=O)CCCSc1ccc(Cl)cc1)c1ccccc1NS(C)(=O)=O. The van der Waals surface area contributed by atoms with Crippen molar-refractivity contribution in [2.75, 3.05) is 16.7 Å². The molecule has 0 aromatic heterocycles. The molecule has 0 aliphatic carbocycles. The van der Waals surface area contributed by atoms with Crippen LogP contribution in [0.1, 0.15) is 31.4 Å². The maximum Gasteiger partial charge on any atom is 0.229 e. The van der Waals surface area contributed by atoms with Crippen LogP contribution in [-0.2, 0) is 14.8 Å². The van der Waals surface area contributed by atoms with Crippen LogP contribution in [0.2, 0.25) is 5.02 Å². The third-order valence-electron chi connectivity index (χ3n) is 3.73. The zero-order valence-corrected chi connectivity index (χ0v) is 17.6. The average molecular weight is 427 g/mol. The van der Waals surface area contributed by atoms with E-state index in [0.29, 0.717) is 17.1 Å². The molecular formula is C19H23ClN2O3S2. The molecule has 27 heavy (non-hydrogen) atoms. The highest BCUT2D eigenvalue weighted by Crippen LogP contribution is 2.24. The van der Waals surface area contributed by atoms with E-state index in [1.807, 2.05) is 37.3 Å². The number of para-hydroxylation sites is 1. The Morgan fingerprint density at radius 1 is 1.15 bits per heavy atom. The predicted octanol–water partition coefficient (Wildman–Crippen LogP) is 4.46. The quantitative estimate of drug-likeness (QED) is 0.458. The van der Waals surface area contributed by atoms with Gasteiger partial charge in [-0.3, -0.25) is 9.52 Å². The number of hydrogen-bond donors (Lipinski definition) is 2. The van der Waals surface area contributed by atoms with E-state index in [4.69, 9.17) is 11.6 Å². The normalized spacial score (nSPS) is 12.4. The van der Waals surface area contributed by atoms with Crippen LogP contribution in [0, 0.1) is 0 Å². The summed E-state index contributed by atoms with van der Waals surface area (Å²) in [6, 6.07) is 14.4. The van der Waals surface area contributed by atoms with Gasteiger partial charge in [0.1, 0.15) is 0 Å². The van der Waals surface area contributed by atoms with Crippen molar-refractivity contribution in [1.29, 1.82) is 0 Å². The van der Waals surface area contributed by atoms with Crippen LogP contribution >= 0.6 is 23.4 Å². The van der Waals surface area contributed by atoms with E-state index in [9.17, 15) is 13.2 Å². The van der Waals surface area contributed by atoms with E-state index in [2.05, 4.69) is 10.0 Å². The summed E-state index contributed by atoms with van der Waals surface area (Å²) in [5.74, 6) is 0.767. The summed E-state index contributed by atoms with van der Waals surface area (Å²) in [6.07, 6.45) is 2.26. The lowest BCUT2D eigenvalue weighted by atomic mass is 10.1. The van der Waals surface area contributed by atoms with Crippen LogP contribution in [0.5, 0.6) is 0 Å². The third kappa shape index (κ3) is 7.82. The Balaban J connectivity index is 1.82. The highest BCUT2D eigenvalue weighted by Gasteiger charge is 2.15. The van der Waals surface area contributed by atoms with Gasteiger partial charge in [-0.25, -0.2) is 8.42 Å². The molecule has 2 aromatic carbocycles. The van der Waals surface area contributed by atoms with Crippen LogP contribution < -0.4 is 10.0 Å². The van der Waals surface area contributed by atoms with Crippen molar-refractivity contribution >= 4 is 45.0 Å². The van der Waals surface area contributed by atoms with E-state index in [1.165, 1.54) is 0 Å². The highest BCUT2D eigenvalue weighted by atomic mass is 35.5. The van der Waals surface area contributed by atoms with E-state index >= 15 is 0 Å². The Bertz CT molecular complexity index is 871. The van der Waals surface area contributed by atoms with Gasteiger partial charge in [-0.05, 0) is 55.0 Å². The Hall–Kier alpha value is -1.70. The molecule has 0 spiro atoms. The van der Waals surface area contributed by atoms with E-state index in [1.54, 1.807) is 30.0 Å². The molecule has 8 heteroatoms. The predicted molar refractivity (Wildman–Crippen MR) is 113 cm³/mol. The maximum absolute atomic E-state index is 12.2. The van der Waals surface area contributed by atoms with Crippen LogP contribution in [0.15, 0.2) is 53.4 Å². The van der Waals surface area contributed by atoms with Gasteiger partial charge in [-0.15, -0.1) is 11.8 Å². The first-order chi connectivity index (χ1) is 12.7. The van der Waals surface area contributed by atoms with E-state index in [-0.39, 0.29) is 11.9 Å². The number of halogens is 1. The topological polar surface area (TPSA) is 75.3 Å². The Labute approximate surface area is 169 Å². The van der Waals surface area contributed by atoms with Gasteiger partial charge in [0.05, 0.1) is 18.0 Å². The van der Waals surface area contributed by atoms with Crippen LogP contribution in [-0.4, -0.2) is 26.3 Å². The maximum atomic E-state index is 12.2. The van der Waals surface area contributed by atoms with Gasteiger partial charge in [0, 0.05) is 16.3 Å². The first kappa shape index (κ1) is 21.6. The number of thioether (sulfide) groups is 1. The second kappa shape index (κ2) is 10.0. The Morgan fingerprint density at radius 3 is 2.48 bits per heavy atom. The summed E-state index contributed by atoms with van der Waals surface area (Å²) in [5.41, 5.74) is 1.21. The zero-order chi connectivity index (χ0) is 19.9. The molecule has 1 amide bonds. The molecule has 0 heterocycles. The standard InChI is InChI=1S/C19H23ClN2O3S2/c1-14(17-6-3-4-7-18(17)22-27(2,24)25)21-19(23)8-5-13-26-16-11-9-15(20)10-12-16/h3-4,6-7,9-12,14,22H,5,8,13H2,1-2H3,(H,21,23). The van der Waals surface area contributed by atoms with Crippen molar-refractivity contribution in [3.05, 3.63) is 59.1 Å². The van der Waals surface area contributed by atoms with E-state index in [0.717, 1.165) is 28.9 Å². The summed E-state index contributed by atoms with van der Waals surface area (Å²) in [5, 5.41) is 3.63. The molecule has 2 aromatic rings. The molecule has 0 saturated heterocycles. The smallest absolute Gasteiger partial charge is 0.229 e. The number of benzene rings is 2. The van der Waals surface area contributed by atoms with Crippen molar-refractivity contribution in [1.82, 2.24) is 5.32 Å². The van der Waals surface area contributed by atoms with Crippen molar-refractivity contribution in [2.45, 2.75) is 30.7 Å². The zero-order valence-electron chi connectivity index (χ0n) is 15.2. The molecule has 0 aliphatic rings. The molecule has 0 aliphatic heterocycles. The van der Waals surface area contributed by atoms with Gasteiger partial charge >= 0.3 is 0 Å². The molecule has 0 saturated carbocycles. The Kier molecular flexibility index (Phi) is 8.01. The number of sulfonamides is 1. The molecule has 0 fully saturated rings. The van der Waals surface area contributed by atoms with Gasteiger partial charge in [-0.2, -0.15) is 0 Å². The minimum Gasteiger partial charge on any atom is -0.350 e. The second-order valence-electron chi connectivity index (χ2n) is 6.16. The van der Waals surface area contributed by atoms with Crippen LogP contribution in [0.4, 0.5) is 5.69 Å². The first-order valence-electron chi connectivity index (χ1n) is 8.49. The summed E-state index contributed by atoms with van der Waals surface area (Å²) in [4.78, 5) is 13.3. The Morgan fingerprint density at radius 2 is 1.81 bits per heavy atom. The number of rotatable bonds is 9. The summed E-state index contributed by atoms with van der Waals surface area (Å²) >= 11 is 7.54. The molecule has 146 valence electrons. The van der Waals surface area contributed by atoms with Crippen molar-refractivity contribution in [3.63, 3.8) is 0 Å². The van der Waals surface area contributed by atoms with Crippen LogP contribution in [0.25, 0.3) is 0 Å². The summed E-state index contributed by atoms with van der Waals surface area (Å²) in [6.45, 7) is 1.84. The second-order valence-corrected chi connectivity index (χ2v) is 9.51. The van der Waals surface area contributed by atoms with E-state index < -0.39 is 10.0 Å². The first-order valence-corrected chi connectivity index (χ1v) is 11.7. The van der Waals surface area contributed by atoms with Crippen LogP contribution in [0.3, 0.4) is 0 Å². The fraction of sp³-hybridized carbons (Fsp3) is 0.316. The third-order valence-corrected chi connectivity index (χ3v) is 5.67. The van der Waals surface area contributed by atoms with Gasteiger partial charge in [0.2, 0.25) is 15.9 Å². The summed E-state index contributed by atoms with van der Waals surface area (Å²) < 4.78 is 25.5. The number of hydrogen-bond acceptors (Lipinski definition) is 4.